The van der Waals surface area contributed by atoms with Gasteiger partial charge in [0, 0.05) is 5.56 Å². The Labute approximate surface area is 86.9 Å². The Morgan fingerprint density at radius 1 is 1.23 bits per heavy atom. The van der Waals surface area contributed by atoms with E-state index in [4.69, 9.17) is 0 Å². The van der Waals surface area contributed by atoms with Crippen molar-refractivity contribution in [2.24, 2.45) is 4.99 Å². The second-order valence-electron chi connectivity index (χ2n) is 2.47. The third-order valence-corrected chi connectivity index (χ3v) is 2.57. The zero-order chi connectivity index (χ0) is 8.39. The maximum Gasteiger partial charge on any atom is 0.257 e. The zero-order valence-corrected chi connectivity index (χ0v) is 8.40. The molecule has 0 unspecified atom stereocenters. The highest BCUT2D eigenvalue weighted by Crippen LogP contribution is 2.19. The summed E-state index contributed by atoms with van der Waals surface area (Å²) in [4.78, 5) is 14.7. The topological polar surface area (TPSA) is 29.4 Å². The Balaban J connectivity index is 0.000000845. The average Bonchev–Trinajstić information content (AvgIpc) is 2.54. The second-order valence-corrected chi connectivity index (χ2v) is 3.43. The van der Waals surface area contributed by atoms with Crippen molar-refractivity contribution < 1.29 is 4.79 Å². The van der Waals surface area contributed by atoms with E-state index in [9.17, 15) is 4.79 Å². The molecule has 0 fully saturated rings. The number of carbonyl (C=O) groups excluding carboxylic acids is 1. The van der Waals surface area contributed by atoms with E-state index in [0.29, 0.717) is 5.75 Å². The lowest BCUT2D eigenvalue weighted by Gasteiger charge is -1.95. The molecule has 0 bridgehead atoms. The van der Waals surface area contributed by atoms with E-state index in [1.165, 1.54) is 11.8 Å². The van der Waals surface area contributed by atoms with E-state index in [0.717, 1.165) is 10.6 Å². The first-order valence-electron chi connectivity index (χ1n) is 3.66. The van der Waals surface area contributed by atoms with Gasteiger partial charge in [-0.1, -0.05) is 42.1 Å². The SMILES string of the molecule is Cl.O=C1CSC(c2ccccc2)=N1. The minimum absolute atomic E-state index is 0. The Morgan fingerprint density at radius 2 is 1.92 bits per heavy atom. The summed E-state index contributed by atoms with van der Waals surface area (Å²) < 4.78 is 0. The van der Waals surface area contributed by atoms with Crippen LogP contribution in [0.4, 0.5) is 0 Å². The number of amides is 1. The average molecular weight is 214 g/mol. The van der Waals surface area contributed by atoms with Crippen LogP contribution in [0.25, 0.3) is 0 Å². The van der Waals surface area contributed by atoms with Crippen LogP contribution in [0, 0.1) is 0 Å². The van der Waals surface area contributed by atoms with Gasteiger partial charge >= 0.3 is 0 Å². The summed E-state index contributed by atoms with van der Waals surface area (Å²) in [5, 5.41) is 0.848. The van der Waals surface area contributed by atoms with Gasteiger partial charge in [0.25, 0.3) is 5.91 Å². The van der Waals surface area contributed by atoms with E-state index in [2.05, 4.69) is 4.99 Å². The van der Waals surface area contributed by atoms with Gasteiger partial charge in [0.1, 0.15) is 5.04 Å². The standard InChI is InChI=1S/C9H7NOS.ClH/c11-8-6-12-9(10-8)7-4-2-1-3-5-7;/h1-5H,6H2;1H. The molecule has 13 heavy (non-hydrogen) atoms. The smallest absolute Gasteiger partial charge is 0.257 e. The van der Waals surface area contributed by atoms with Crippen LogP contribution in [-0.4, -0.2) is 16.7 Å². The van der Waals surface area contributed by atoms with Crippen molar-refractivity contribution in [2.45, 2.75) is 0 Å². The molecule has 1 amide bonds. The molecule has 1 aliphatic rings. The van der Waals surface area contributed by atoms with Gasteiger partial charge in [0.2, 0.25) is 0 Å². The number of halogens is 1. The summed E-state index contributed by atoms with van der Waals surface area (Å²) in [6, 6.07) is 9.77. The molecular formula is C9H8ClNOS. The molecule has 1 heterocycles. The Hall–Kier alpha value is -0.800. The molecule has 1 aromatic carbocycles. The molecule has 0 saturated carbocycles. The zero-order valence-electron chi connectivity index (χ0n) is 6.77. The number of nitrogens with zero attached hydrogens (tertiary/aromatic N) is 1. The van der Waals surface area contributed by atoms with Crippen molar-refractivity contribution >= 4 is 35.1 Å². The van der Waals surface area contributed by atoms with Crippen LogP contribution in [0.2, 0.25) is 0 Å². The fraction of sp³-hybridized carbons (Fsp3) is 0.111. The number of aliphatic imine (C=N–C) groups is 1. The molecule has 2 rings (SSSR count). The minimum Gasteiger partial charge on any atom is -0.272 e. The van der Waals surface area contributed by atoms with Gasteiger partial charge in [-0.3, -0.25) is 4.79 Å². The fourth-order valence-electron chi connectivity index (χ4n) is 1.04. The van der Waals surface area contributed by atoms with Crippen LogP contribution in [0.1, 0.15) is 5.56 Å². The van der Waals surface area contributed by atoms with Crippen LogP contribution in [0.3, 0.4) is 0 Å². The summed E-state index contributed by atoms with van der Waals surface area (Å²) in [6.07, 6.45) is 0. The summed E-state index contributed by atoms with van der Waals surface area (Å²) in [6.45, 7) is 0. The third kappa shape index (κ3) is 2.32. The highest BCUT2D eigenvalue weighted by Gasteiger charge is 2.15. The van der Waals surface area contributed by atoms with Gasteiger partial charge in [-0.2, -0.15) is 0 Å². The number of carbonyl (C=O) groups is 1. The van der Waals surface area contributed by atoms with Crippen LogP contribution < -0.4 is 0 Å². The van der Waals surface area contributed by atoms with Gasteiger partial charge in [-0.05, 0) is 0 Å². The maximum absolute atomic E-state index is 10.8. The fourth-order valence-corrected chi connectivity index (χ4v) is 1.83. The molecule has 68 valence electrons. The monoisotopic (exact) mass is 213 g/mol. The van der Waals surface area contributed by atoms with Crippen molar-refractivity contribution in [1.82, 2.24) is 0 Å². The first-order chi connectivity index (χ1) is 5.86. The highest BCUT2D eigenvalue weighted by molar-refractivity contribution is 8.15. The number of benzene rings is 1. The Kier molecular flexibility index (Phi) is 3.51. The van der Waals surface area contributed by atoms with Gasteiger partial charge < -0.3 is 0 Å². The van der Waals surface area contributed by atoms with Crippen molar-refractivity contribution in [2.75, 3.05) is 5.75 Å². The summed E-state index contributed by atoms with van der Waals surface area (Å²) in [7, 11) is 0. The van der Waals surface area contributed by atoms with Crippen molar-refractivity contribution in [3.8, 4) is 0 Å². The van der Waals surface area contributed by atoms with Crippen molar-refractivity contribution in [1.29, 1.82) is 0 Å². The van der Waals surface area contributed by atoms with Crippen LogP contribution in [-0.2, 0) is 4.79 Å². The predicted molar refractivity (Wildman–Crippen MR) is 57.7 cm³/mol. The lowest BCUT2D eigenvalue weighted by Crippen LogP contribution is -1.89. The molecule has 1 aliphatic heterocycles. The molecule has 0 aromatic heterocycles. The third-order valence-electron chi connectivity index (χ3n) is 1.58. The molecule has 1 aromatic rings. The molecule has 0 N–H and O–H groups in total. The van der Waals surface area contributed by atoms with Crippen molar-refractivity contribution in [3.05, 3.63) is 35.9 Å². The van der Waals surface area contributed by atoms with Gasteiger partial charge in [0.05, 0.1) is 5.75 Å². The quantitative estimate of drug-likeness (QED) is 0.715. The van der Waals surface area contributed by atoms with Gasteiger partial charge in [-0.25, -0.2) is 4.99 Å². The Morgan fingerprint density at radius 3 is 2.46 bits per heavy atom. The molecule has 0 spiro atoms. The number of rotatable bonds is 1. The van der Waals surface area contributed by atoms with Crippen LogP contribution in [0.5, 0.6) is 0 Å². The molecule has 4 heteroatoms. The summed E-state index contributed by atoms with van der Waals surface area (Å²) in [5.41, 5.74) is 1.04. The van der Waals surface area contributed by atoms with Gasteiger partial charge in [-0.15, -0.1) is 12.4 Å². The molecule has 0 radical (unpaired) electrons. The number of thioether (sulfide) groups is 1. The Bertz CT molecular complexity index is 337. The molecule has 0 saturated heterocycles. The molecule has 2 nitrogen and oxygen atoms in total. The largest absolute Gasteiger partial charge is 0.272 e. The highest BCUT2D eigenvalue weighted by atomic mass is 35.5. The second kappa shape index (κ2) is 4.44. The van der Waals surface area contributed by atoms with Crippen LogP contribution in [0.15, 0.2) is 35.3 Å². The van der Waals surface area contributed by atoms with Gasteiger partial charge in [0.15, 0.2) is 0 Å². The first kappa shape index (κ1) is 10.3. The van der Waals surface area contributed by atoms with E-state index in [1.807, 2.05) is 30.3 Å². The lowest BCUT2D eigenvalue weighted by atomic mass is 10.2. The van der Waals surface area contributed by atoms with Crippen molar-refractivity contribution in [3.63, 3.8) is 0 Å². The normalized spacial score (nSPS) is 15.1. The first-order valence-corrected chi connectivity index (χ1v) is 4.64. The van der Waals surface area contributed by atoms with E-state index in [1.54, 1.807) is 0 Å². The lowest BCUT2D eigenvalue weighted by molar-refractivity contribution is -0.115. The molecule has 0 atom stereocenters. The number of hydrogen-bond acceptors (Lipinski definition) is 2. The van der Waals surface area contributed by atoms with E-state index >= 15 is 0 Å². The molecule has 0 aliphatic carbocycles. The minimum atomic E-state index is -0.0288. The van der Waals surface area contributed by atoms with E-state index < -0.39 is 0 Å². The molecular weight excluding hydrogens is 206 g/mol. The maximum atomic E-state index is 10.8. The summed E-state index contributed by atoms with van der Waals surface area (Å²) in [5.74, 6) is 0.461. The summed E-state index contributed by atoms with van der Waals surface area (Å²) >= 11 is 1.50. The predicted octanol–water partition coefficient (Wildman–Crippen LogP) is 2.13. The number of hydrogen-bond donors (Lipinski definition) is 0. The van der Waals surface area contributed by atoms with Crippen LogP contribution >= 0.6 is 24.2 Å². The van der Waals surface area contributed by atoms with E-state index in [-0.39, 0.29) is 18.3 Å².